The largest absolute Gasteiger partial charge is 0.255 e. The van der Waals surface area contributed by atoms with Crippen molar-refractivity contribution in [2.75, 3.05) is 12.3 Å². The number of para-hydroxylation sites is 1. The normalized spacial score (nSPS) is 27.5. The third-order valence-corrected chi connectivity index (χ3v) is 8.60. The van der Waals surface area contributed by atoms with E-state index in [2.05, 4.69) is 4.98 Å². The molecular formula is C14H14N2O4S2. The van der Waals surface area contributed by atoms with E-state index in [1.54, 1.807) is 18.3 Å². The van der Waals surface area contributed by atoms with Gasteiger partial charge in [0.1, 0.15) is 4.90 Å². The Morgan fingerprint density at radius 2 is 1.95 bits per heavy atom. The molecule has 2 fully saturated rings. The molecule has 8 heteroatoms. The molecule has 0 spiro atoms. The zero-order valence-corrected chi connectivity index (χ0v) is 13.2. The van der Waals surface area contributed by atoms with Crippen molar-refractivity contribution in [1.82, 2.24) is 9.29 Å². The van der Waals surface area contributed by atoms with Crippen molar-refractivity contribution in [3.63, 3.8) is 0 Å². The van der Waals surface area contributed by atoms with Gasteiger partial charge in [0.15, 0.2) is 9.84 Å². The summed E-state index contributed by atoms with van der Waals surface area (Å²) in [5, 5.41) is 0.191. The molecular weight excluding hydrogens is 324 g/mol. The van der Waals surface area contributed by atoms with Crippen molar-refractivity contribution in [1.29, 1.82) is 0 Å². The maximum Gasteiger partial charge on any atom is 0.245 e. The number of aromatic nitrogens is 1. The molecule has 2 bridgehead atoms. The van der Waals surface area contributed by atoms with E-state index in [0.29, 0.717) is 11.9 Å². The van der Waals surface area contributed by atoms with E-state index in [1.807, 2.05) is 12.1 Å². The van der Waals surface area contributed by atoms with Gasteiger partial charge in [-0.3, -0.25) is 4.98 Å². The second-order valence-corrected chi connectivity index (χ2v) is 9.93. The average Bonchev–Trinajstić information content (AvgIpc) is 3.03. The highest BCUT2D eigenvalue weighted by Gasteiger charge is 2.52. The SMILES string of the molecule is O=S1(=O)CC2CC1CN2S(=O)(=O)c1cccc2cccnc12. The Hall–Kier alpha value is -1.51. The van der Waals surface area contributed by atoms with Crippen molar-refractivity contribution < 1.29 is 16.8 Å². The summed E-state index contributed by atoms with van der Waals surface area (Å²) in [6.45, 7) is 0.0541. The minimum atomic E-state index is -3.74. The Labute approximate surface area is 128 Å². The molecule has 2 aliphatic heterocycles. The third-order valence-electron chi connectivity index (χ3n) is 4.44. The minimum Gasteiger partial charge on any atom is -0.255 e. The Balaban J connectivity index is 1.82. The molecule has 4 rings (SSSR count). The Morgan fingerprint density at radius 1 is 1.18 bits per heavy atom. The molecule has 0 aliphatic carbocycles. The average molecular weight is 338 g/mol. The van der Waals surface area contributed by atoms with Crippen LogP contribution in [0.5, 0.6) is 0 Å². The molecule has 0 radical (unpaired) electrons. The van der Waals surface area contributed by atoms with Gasteiger partial charge in [-0.05, 0) is 18.6 Å². The fraction of sp³-hybridized carbons (Fsp3) is 0.357. The number of sulfone groups is 1. The zero-order valence-electron chi connectivity index (χ0n) is 11.6. The third kappa shape index (κ3) is 1.90. The van der Waals surface area contributed by atoms with E-state index in [0.717, 1.165) is 5.39 Å². The number of benzene rings is 1. The number of sulfonamides is 1. The van der Waals surface area contributed by atoms with Gasteiger partial charge in [0.05, 0.1) is 16.5 Å². The van der Waals surface area contributed by atoms with Gasteiger partial charge in [0.2, 0.25) is 10.0 Å². The quantitative estimate of drug-likeness (QED) is 0.808. The summed E-state index contributed by atoms with van der Waals surface area (Å²) in [4.78, 5) is 4.33. The monoisotopic (exact) mass is 338 g/mol. The van der Waals surface area contributed by atoms with E-state index < -0.39 is 31.2 Å². The molecule has 0 N–H and O–H groups in total. The van der Waals surface area contributed by atoms with Crippen molar-refractivity contribution >= 4 is 30.8 Å². The van der Waals surface area contributed by atoms with Gasteiger partial charge < -0.3 is 0 Å². The molecule has 116 valence electrons. The number of pyridine rings is 1. The highest BCUT2D eigenvalue weighted by atomic mass is 32.2. The highest BCUT2D eigenvalue weighted by molar-refractivity contribution is 7.93. The minimum absolute atomic E-state index is 0.0541. The topological polar surface area (TPSA) is 84.4 Å². The molecule has 6 nitrogen and oxygen atoms in total. The maximum atomic E-state index is 12.9. The predicted octanol–water partition coefficient (Wildman–Crippen LogP) is 0.795. The van der Waals surface area contributed by atoms with Gasteiger partial charge in [0.25, 0.3) is 0 Å². The number of rotatable bonds is 2. The molecule has 22 heavy (non-hydrogen) atoms. The van der Waals surface area contributed by atoms with Gasteiger partial charge in [0, 0.05) is 24.2 Å². The second-order valence-electron chi connectivity index (χ2n) is 5.75. The summed E-state index contributed by atoms with van der Waals surface area (Å²) in [5.74, 6) is -0.0743. The van der Waals surface area contributed by atoms with E-state index in [1.165, 1.54) is 10.4 Å². The van der Waals surface area contributed by atoms with Crippen LogP contribution in [0.2, 0.25) is 0 Å². The lowest BCUT2D eigenvalue weighted by molar-refractivity contribution is 0.403. The molecule has 2 unspecified atom stereocenters. The van der Waals surface area contributed by atoms with Gasteiger partial charge in [-0.2, -0.15) is 4.31 Å². The van der Waals surface area contributed by atoms with Crippen LogP contribution in [0.4, 0.5) is 0 Å². The Bertz CT molecular complexity index is 964. The van der Waals surface area contributed by atoms with E-state index in [9.17, 15) is 16.8 Å². The molecule has 1 aromatic heterocycles. The number of hydrogen-bond donors (Lipinski definition) is 0. The van der Waals surface area contributed by atoms with Crippen LogP contribution in [-0.4, -0.2) is 49.7 Å². The first-order valence-corrected chi connectivity index (χ1v) is 10.1. The van der Waals surface area contributed by atoms with Crippen molar-refractivity contribution in [2.24, 2.45) is 0 Å². The maximum absolute atomic E-state index is 12.9. The second kappa shape index (κ2) is 4.50. The molecule has 2 atom stereocenters. The lowest BCUT2D eigenvalue weighted by atomic mass is 10.2. The van der Waals surface area contributed by atoms with E-state index in [4.69, 9.17) is 0 Å². The van der Waals surface area contributed by atoms with Crippen LogP contribution in [0.15, 0.2) is 41.4 Å². The summed E-state index contributed by atoms with van der Waals surface area (Å²) in [6, 6.07) is 8.14. The highest BCUT2D eigenvalue weighted by Crippen LogP contribution is 2.37. The lowest BCUT2D eigenvalue weighted by Crippen LogP contribution is -2.44. The first kappa shape index (κ1) is 14.1. The Morgan fingerprint density at radius 3 is 2.64 bits per heavy atom. The fourth-order valence-electron chi connectivity index (χ4n) is 3.37. The predicted molar refractivity (Wildman–Crippen MR) is 81.6 cm³/mol. The van der Waals surface area contributed by atoms with Crippen LogP contribution in [0.1, 0.15) is 6.42 Å². The molecule has 3 heterocycles. The van der Waals surface area contributed by atoms with Crippen LogP contribution >= 0.6 is 0 Å². The van der Waals surface area contributed by atoms with Crippen LogP contribution < -0.4 is 0 Å². The van der Waals surface area contributed by atoms with Crippen LogP contribution in [0.3, 0.4) is 0 Å². The lowest BCUT2D eigenvalue weighted by Gasteiger charge is -2.26. The van der Waals surface area contributed by atoms with Gasteiger partial charge >= 0.3 is 0 Å². The molecule has 2 saturated heterocycles. The standard InChI is InChI=1S/C14H14N2O4S2/c17-21(18)9-11-7-12(21)8-16(11)22(19,20)13-5-1-3-10-4-2-6-15-14(10)13/h1-6,11-12H,7-9H2. The molecule has 2 aromatic rings. The molecule has 1 aromatic carbocycles. The summed E-state index contributed by atoms with van der Waals surface area (Å²) < 4.78 is 50.8. The number of nitrogens with zero attached hydrogens (tertiary/aromatic N) is 2. The Kier molecular flexibility index (Phi) is 2.88. The summed E-state index contributed by atoms with van der Waals surface area (Å²) in [7, 11) is -6.87. The van der Waals surface area contributed by atoms with Gasteiger partial charge in [-0.15, -0.1) is 0 Å². The van der Waals surface area contributed by atoms with E-state index in [-0.39, 0.29) is 17.2 Å². The number of hydrogen-bond acceptors (Lipinski definition) is 5. The summed E-state index contributed by atoms with van der Waals surface area (Å²) in [5.41, 5.74) is 0.427. The van der Waals surface area contributed by atoms with Crippen molar-refractivity contribution in [3.05, 3.63) is 36.5 Å². The smallest absolute Gasteiger partial charge is 0.245 e. The summed E-state index contributed by atoms with van der Waals surface area (Å²) >= 11 is 0. The van der Waals surface area contributed by atoms with Crippen LogP contribution in [0, 0.1) is 0 Å². The molecule has 0 saturated carbocycles. The summed E-state index contributed by atoms with van der Waals surface area (Å²) in [6.07, 6.45) is 1.96. The van der Waals surface area contributed by atoms with Gasteiger partial charge in [-0.25, -0.2) is 16.8 Å². The van der Waals surface area contributed by atoms with Crippen LogP contribution in [0.25, 0.3) is 10.9 Å². The zero-order chi connectivity index (χ0) is 15.5. The first-order valence-electron chi connectivity index (χ1n) is 6.97. The molecule has 0 amide bonds. The molecule has 2 aliphatic rings. The first-order chi connectivity index (χ1) is 10.4. The van der Waals surface area contributed by atoms with Crippen LogP contribution in [-0.2, 0) is 19.9 Å². The number of fused-ring (bicyclic) bond motifs is 3. The van der Waals surface area contributed by atoms with Crippen molar-refractivity contribution in [3.8, 4) is 0 Å². The fourth-order valence-corrected chi connectivity index (χ4v) is 7.43. The van der Waals surface area contributed by atoms with E-state index >= 15 is 0 Å². The van der Waals surface area contributed by atoms with Crippen molar-refractivity contribution in [2.45, 2.75) is 22.6 Å². The van der Waals surface area contributed by atoms with Gasteiger partial charge in [-0.1, -0.05) is 18.2 Å².